The minimum atomic E-state index is -0.937. The van der Waals surface area contributed by atoms with E-state index in [9.17, 15) is 18.4 Å². The topological polar surface area (TPSA) is 85.1 Å². The van der Waals surface area contributed by atoms with Crippen LogP contribution in [0.2, 0.25) is 0 Å². The highest BCUT2D eigenvalue weighted by Crippen LogP contribution is 2.27. The predicted octanol–water partition coefficient (Wildman–Crippen LogP) is 3.44. The van der Waals surface area contributed by atoms with E-state index in [1.807, 2.05) is 0 Å². The summed E-state index contributed by atoms with van der Waals surface area (Å²) in [5, 5.41) is 2.88. The maximum absolute atomic E-state index is 13.8. The molecule has 0 aliphatic rings. The first-order valence-electron chi connectivity index (χ1n) is 7.07. The number of hydrogen-bond acceptors (Lipinski definition) is 4. The summed E-state index contributed by atoms with van der Waals surface area (Å²) < 4.78 is 27.2. The number of nitrogens with zero attached hydrogens (tertiary/aromatic N) is 1. The van der Waals surface area contributed by atoms with Gasteiger partial charge in [0.1, 0.15) is 21.5 Å². The first-order chi connectivity index (χ1) is 12.0. The molecule has 3 N–H and O–H groups in total. The van der Waals surface area contributed by atoms with Gasteiger partial charge in [0.25, 0.3) is 11.8 Å². The molecular weight excluding hydrogens is 348 g/mol. The van der Waals surface area contributed by atoms with Crippen molar-refractivity contribution in [3.63, 3.8) is 0 Å². The number of primary amides is 1. The van der Waals surface area contributed by atoms with E-state index in [2.05, 4.69) is 10.3 Å². The van der Waals surface area contributed by atoms with Crippen LogP contribution < -0.4 is 11.1 Å². The normalized spacial score (nSPS) is 10.5. The standard InChI is InChI=1S/C17H11F2N3O2S/c18-12-4-2-1-3-10(12)17-21-8-14(25-17)16(24)22-9-5-6-13(19)11(7-9)15(20)23/h1-8H,(H2,20,23)(H,22,24). The summed E-state index contributed by atoms with van der Waals surface area (Å²) in [6, 6.07) is 9.59. The molecule has 3 rings (SSSR count). The van der Waals surface area contributed by atoms with Crippen LogP contribution in [0.4, 0.5) is 14.5 Å². The highest BCUT2D eigenvalue weighted by atomic mass is 32.1. The Morgan fingerprint density at radius 2 is 1.84 bits per heavy atom. The van der Waals surface area contributed by atoms with Gasteiger partial charge in [0, 0.05) is 11.3 Å². The van der Waals surface area contributed by atoms with Gasteiger partial charge in [-0.1, -0.05) is 12.1 Å². The van der Waals surface area contributed by atoms with Gasteiger partial charge in [-0.2, -0.15) is 0 Å². The molecule has 25 heavy (non-hydrogen) atoms. The van der Waals surface area contributed by atoms with Crippen molar-refractivity contribution in [2.75, 3.05) is 5.32 Å². The van der Waals surface area contributed by atoms with E-state index in [1.165, 1.54) is 18.3 Å². The summed E-state index contributed by atoms with van der Waals surface area (Å²) in [5.41, 5.74) is 5.25. The van der Waals surface area contributed by atoms with Crippen molar-refractivity contribution < 1.29 is 18.4 Å². The fourth-order valence-corrected chi connectivity index (χ4v) is 2.96. The number of carbonyl (C=O) groups is 2. The number of nitrogens with two attached hydrogens (primary N) is 1. The molecule has 0 radical (unpaired) electrons. The van der Waals surface area contributed by atoms with Gasteiger partial charge < -0.3 is 11.1 Å². The van der Waals surface area contributed by atoms with Gasteiger partial charge in [-0.05, 0) is 30.3 Å². The van der Waals surface area contributed by atoms with Crippen LogP contribution in [0, 0.1) is 11.6 Å². The zero-order valence-electron chi connectivity index (χ0n) is 12.6. The maximum Gasteiger partial charge on any atom is 0.267 e. The number of halogens is 2. The molecule has 0 fully saturated rings. The molecule has 126 valence electrons. The van der Waals surface area contributed by atoms with Crippen LogP contribution in [0.25, 0.3) is 10.6 Å². The van der Waals surface area contributed by atoms with Crippen molar-refractivity contribution >= 4 is 28.8 Å². The Bertz CT molecular complexity index is 972. The minimum absolute atomic E-state index is 0.209. The van der Waals surface area contributed by atoms with Crippen molar-refractivity contribution in [1.82, 2.24) is 4.98 Å². The van der Waals surface area contributed by atoms with Gasteiger partial charge in [-0.25, -0.2) is 13.8 Å². The number of amides is 2. The lowest BCUT2D eigenvalue weighted by atomic mass is 10.2. The van der Waals surface area contributed by atoms with Crippen molar-refractivity contribution in [2.24, 2.45) is 5.73 Å². The molecule has 0 bridgehead atoms. The summed E-state index contributed by atoms with van der Waals surface area (Å²) >= 11 is 1.01. The number of nitrogens with one attached hydrogen (secondary N) is 1. The fourth-order valence-electron chi connectivity index (χ4n) is 2.12. The Morgan fingerprint density at radius 3 is 2.56 bits per heavy atom. The third-order valence-corrected chi connectivity index (χ3v) is 4.35. The van der Waals surface area contributed by atoms with Crippen LogP contribution >= 0.6 is 11.3 Å². The highest BCUT2D eigenvalue weighted by Gasteiger charge is 2.15. The molecule has 2 amide bonds. The molecule has 0 atom stereocenters. The van der Waals surface area contributed by atoms with Gasteiger partial charge in [-0.3, -0.25) is 9.59 Å². The monoisotopic (exact) mass is 359 g/mol. The molecular formula is C17H11F2N3O2S. The van der Waals surface area contributed by atoms with Crippen molar-refractivity contribution in [3.8, 4) is 10.6 Å². The van der Waals surface area contributed by atoms with E-state index in [-0.39, 0.29) is 16.1 Å². The molecule has 0 unspecified atom stereocenters. The van der Waals surface area contributed by atoms with Crippen LogP contribution in [0.1, 0.15) is 20.0 Å². The lowest BCUT2D eigenvalue weighted by Gasteiger charge is -2.05. The lowest BCUT2D eigenvalue weighted by molar-refractivity contribution is 0.0993. The quantitative estimate of drug-likeness (QED) is 0.748. The SMILES string of the molecule is NC(=O)c1cc(NC(=O)c2cnc(-c3ccccc3F)s2)ccc1F. The first kappa shape index (κ1) is 16.7. The highest BCUT2D eigenvalue weighted by molar-refractivity contribution is 7.17. The summed E-state index contributed by atoms with van der Waals surface area (Å²) in [7, 11) is 0. The summed E-state index contributed by atoms with van der Waals surface area (Å²) in [6.07, 6.45) is 1.32. The van der Waals surface area contributed by atoms with Crippen molar-refractivity contribution in [1.29, 1.82) is 0 Å². The molecule has 1 heterocycles. The smallest absolute Gasteiger partial charge is 0.267 e. The van der Waals surface area contributed by atoms with Crippen molar-refractivity contribution in [2.45, 2.75) is 0 Å². The van der Waals surface area contributed by atoms with Gasteiger partial charge in [-0.15, -0.1) is 11.3 Å². The van der Waals surface area contributed by atoms with Crippen LogP contribution in [0.5, 0.6) is 0 Å². The van der Waals surface area contributed by atoms with Crippen LogP contribution in [-0.2, 0) is 0 Å². The molecule has 0 aliphatic heterocycles. The number of rotatable bonds is 4. The largest absolute Gasteiger partial charge is 0.366 e. The van der Waals surface area contributed by atoms with Gasteiger partial charge in [0.15, 0.2) is 0 Å². The molecule has 8 heteroatoms. The number of benzene rings is 2. The summed E-state index contributed by atoms with van der Waals surface area (Å²) in [5.74, 6) is -2.66. The number of aromatic nitrogens is 1. The Balaban J connectivity index is 1.82. The van der Waals surface area contributed by atoms with Gasteiger partial charge in [0.2, 0.25) is 0 Å². The van der Waals surface area contributed by atoms with Crippen LogP contribution in [-0.4, -0.2) is 16.8 Å². The van der Waals surface area contributed by atoms with E-state index in [1.54, 1.807) is 18.2 Å². The Hall–Kier alpha value is -3.13. The second kappa shape index (κ2) is 6.78. The molecule has 1 aromatic heterocycles. The third-order valence-electron chi connectivity index (χ3n) is 3.32. The Labute approximate surface area is 145 Å². The molecule has 5 nitrogen and oxygen atoms in total. The average molecular weight is 359 g/mol. The fraction of sp³-hybridized carbons (Fsp3) is 0. The molecule has 0 saturated heterocycles. The van der Waals surface area contributed by atoms with E-state index >= 15 is 0 Å². The molecule has 0 saturated carbocycles. The van der Waals surface area contributed by atoms with Gasteiger partial charge >= 0.3 is 0 Å². The second-order valence-corrected chi connectivity index (χ2v) is 6.05. The van der Waals surface area contributed by atoms with E-state index < -0.39 is 23.4 Å². The number of anilines is 1. The Morgan fingerprint density at radius 1 is 1.08 bits per heavy atom. The number of hydrogen-bond donors (Lipinski definition) is 2. The summed E-state index contributed by atoms with van der Waals surface area (Å²) in [6.45, 7) is 0. The second-order valence-electron chi connectivity index (χ2n) is 5.02. The zero-order chi connectivity index (χ0) is 18.0. The Kier molecular flexibility index (Phi) is 4.53. The predicted molar refractivity (Wildman–Crippen MR) is 90.4 cm³/mol. The van der Waals surface area contributed by atoms with E-state index in [0.29, 0.717) is 10.6 Å². The first-order valence-corrected chi connectivity index (χ1v) is 7.89. The third kappa shape index (κ3) is 3.53. The molecule has 2 aromatic carbocycles. The van der Waals surface area contributed by atoms with E-state index in [0.717, 1.165) is 23.5 Å². The maximum atomic E-state index is 13.8. The van der Waals surface area contributed by atoms with Crippen molar-refractivity contribution in [3.05, 3.63) is 70.7 Å². The molecule has 3 aromatic rings. The lowest BCUT2D eigenvalue weighted by Crippen LogP contribution is -2.15. The van der Waals surface area contributed by atoms with Crippen LogP contribution in [0.3, 0.4) is 0 Å². The zero-order valence-corrected chi connectivity index (χ0v) is 13.4. The van der Waals surface area contributed by atoms with E-state index in [4.69, 9.17) is 5.73 Å². The molecule has 0 aliphatic carbocycles. The van der Waals surface area contributed by atoms with Crippen LogP contribution in [0.15, 0.2) is 48.7 Å². The number of carbonyl (C=O) groups excluding carboxylic acids is 2. The number of thiazole rings is 1. The molecule has 0 spiro atoms. The van der Waals surface area contributed by atoms with Gasteiger partial charge in [0.05, 0.1) is 11.8 Å². The minimum Gasteiger partial charge on any atom is -0.366 e. The average Bonchev–Trinajstić information content (AvgIpc) is 3.06. The summed E-state index contributed by atoms with van der Waals surface area (Å²) in [4.78, 5) is 27.7.